The van der Waals surface area contributed by atoms with E-state index in [1.165, 1.54) is 4.90 Å². The lowest BCUT2D eigenvalue weighted by atomic mass is 9.96. The third-order valence-electron chi connectivity index (χ3n) is 6.07. The molecule has 6 nitrogen and oxygen atoms in total. The summed E-state index contributed by atoms with van der Waals surface area (Å²) in [4.78, 5) is 41.0. The van der Waals surface area contributed by atoms with Gasteiger partial charge in [0.1, 0.15) is 11.6 Å². The number of rotatable bonds is 4. The number of carbonyl (C=O) groups excluding carboxylic acids is 3. The van der Waals surface area contributed by atoms with Crippen LogP contribution in [0.15, 0.2) is 42.5 Å². The summed E-state index contributed by atoms with van der Waals surface area (Å²) in [5.41, 5.74) is 1.74. The van der Waals surface area contributed by atoms with Gasteiger partial charge in [-0.3, -0.25) is 14.4 Å². The number of anilines is 1. The van der Waals surface area contributed by atoms with Gasteiger partial charge in [-0.05, 0) is 49.9 Å². The van der Waals surface area contributed by atoms with Crippen molar-refractivity contribution in [2.75, 3.05) is 24.5 Å². The number of para-hydroxylation sites is 1. The van der Waals surface area contributed by atoms with E-state index in [1.807, 2.05) is 24.3 Å². The molecule has 2 heterocycles. The van der Waals surface area contributed by atoms with Crippen LogP contribution >= 0.6 is 0 Å². The number of benzene rings is 2. The van der Waals surface area contributed by atoms with Crippen molar-refractivity contribution in [3.05, 3.63) is 65.2 Å². The van der Waals surface area contributed by atoms with Crippen molar-refractivity contribution in [2.24, 2.45) is 5.92 Å². The van der Waals surface area contributed by atoms with Crippen molar-refractivity contribution in [1.82, 2.24) is 4.90 Å². The molecule has 1 fully saturated rings. The minimum Gasteiger partial charge on any atom is -0.452 e. The fourth-order valence-electron chi connectivity index (χ4n) is 4.26. The van der Waals surface area contributed by atoms with Gasteiger partial charge in [0.05, 0.1) is 11.5 Å². The lowest BCUT2D eigenvalue weighted by Gasteiger charge is -2.31. The first-order valence-electron chi connectivity index (χ1n) is 10.7. The van der Waals surface area contributed by atoms with Crippen LogP contribution < -0.4 is 4.90 Å². The van der Waals surface area contributed by atoms with E-state index >= 15 is 0 Å². The Kier molecular flexibility index (Phi) is 6.21. The molecule has 168 valence electrons. The average molecular weight is 442 g/mol. The molecule has 1 atom stereocenters. The fourth-order valence-corrected chi connectivity index (χ4v) is 4.26. The summed E-state index contributed by atoms with van der Waals surface area (Å²) < 4.78 is 32.4. The van der Waals surface area contributed by atoms with Gasteiger partial charge >= 0.3 is 5.97 Å². The van der Waals surface area contributed by atoms with Crippen LogP contribution in [-0.2, 0) is 20.7 Å². The molecule has 4 rings (SSSR count). The third-order valence-corrected chi connectivity index (χ3v) is 6.07. The van der Waals surface area contributed by atoms with E-state index in [0.717, 1.165) is 29.8 Å². The first kappa shape index (κ1) is 21.9. The zero-order valence-corrected chi connectivity index (χ0v) is 17.7. The van der Waals surface area contributed by atoms with Crippen molar-refractivity contribution < 1.29 is 27.9 Å². The summed E-state index contributed by atoms with van der Waals surface area (Å²) in [5.74, 6) is -3.38. The molecule has 2 aliphatic heterocycles. The van der Waals surface area contributed by atoms with Gasteiger partial charge in [-0.25, -0.2) is 8.78 Å². The Labute approximate surface area is 184 Å². The maximum absolute atomic E-state index is 13.9. The largest absolute Gasteiger partial charge is 0.452 e. The van der Waals surface area contributed by atoms with Crippen LogP contribution in [0.3, 0.4) is 0 Å². The van der Waals surface area contributed by atoms with Crippen molar-refractivity contribution >= 4 is 23.5 Å². The van der Waals surface area contributed by atoms with Gasteiger partial charge in [-0.2, -0.15) is 0 Å². The Hall–Kier alpha value is -3.29. The summed E-state index contributed by atoms with van der Waals surface area (Å²) in [6, 6.07) is 10.5. The van der Waals surface area contributed by atoms with Gasteiger partial charge in [0.15, 0.2) is 6.10 Å². The summed E-state index contributed by atoms with van der Waals surface area (Å²) in [7, 11) is 0. The predicted molar refractivity (Wildman–Crippen MR) is 113 cm³/mol. The molecule has 0 N–H and O–H groups in total. The molecule has 0 radical (unpaired) electrons. The van der Waals surface area contributed by atoms with Crippen LogP contribution in [-0.4, -0.2) is 48.4 Å². The van der Waals surface area contributed by atoms with Crippen LogP contribution in [0.2, 0.25) is 0 Å². The third kappa shape index (κ3) is 4.35. The molecule has 0 unspecified atom stereocenters. The normalized spacial score (nSPS) is 17.1. The molecule has 32 heavy (non-hydrogen) atoms. The Bertz CT molecular complexity index is 1050. The second kappa shape index (κ2) is 9.06. The minimum absolute atomic E-state index is 0.197. The van der Waals surface area contributed by atoms with Gasteiger partial charge < -0.3 is 14.5 Å². The number of hydrogen-bond acceptors (Lipinski definition) is 4. The molecule has 2 aliphatic rings. The van der Waals surface area contributed by atoms with Crippen molar-refractivity contribution in [3.63, 3.8) is 0 Å². The molecule has 8 heteroatoms. The molecule has 0 spiro atoms. The van der Waals surface area contributed by atoms with E-state index in [4.69, 9.17) is 4.74 Å². The van der Waals surface area contributed by atoms with E-state index in [-0.39, 0.29) is 24.6 Å². The summed E-state index contributed by atoms with van der Waals surface area (Å²) in [5, 5.41) is 0. The van der Waals surface area contributed by atoms with E-state index in [1.54, 1.807) is 11.8 Å². The van der Waals surface area contributed by atoms with E-state index in [0.29, 0.717) is 25.5 Å². The van der Waals surface area contributed by atoms with E-state index in [2.05, 4.69) is 0 Å². The molecular formula is C24H24F2N2O4. The van der Waals surface area contributed by atoms with Crippen molar-refractivity contribution in [2.45, 2.75) is 32.3 Å². The number of amides is 2. The molecule has 0 saturated carbocycles. The molecule has 0 bridgehead atoms. The van der Waals surface area contributed by atoms with Crippen LogP contribution in [0.25, 0.3) is 0 Å². The standard InChI is InChI=1S/C24H24F2N2O4/c1-15(22(29)28-13-10-16-4-2-3-5-21(16)28)32-24(31)17-8-11-27(12-9-17)23(30)19-7-6-18(25)14-20(19)26/h2-7,14-15,17H,8-13H2,1H3/t15-/m0/s1. The molecule has 2 aromatic carbocycles. The summed E-state index contributed by atoms with van der Waals surface area (Å²) in [6.45, 7) is 2.62. The summed E-state index contributed by atoms with van der Waals surface area (Å²) in [6.07, 6.45) is 0.549. The first-order valence-corrected chi connectivity index (χ1v) is 10.7. The quantitative estimate of drug-likeness (QED) is 0.682. The van der Waals surface area contributed by atoms with Gasteiger partial charge in [0.25, 0.3) is 11.8 Å². The highest BCUT2D eigenvalue weighted by atomic mass is 19.1. The monoisotopic (exact) mass is 442 g/mol. The highest BCUT2D eigenvalue weighted by Gasteiger charge is 2.34. The molecule has 2 amide bonds. The molecule has 1 saturated heterocycles. The molecule has 0 aromatic heterocycles. The van der Waals surface area contributed by atoms with Gasteiger partial charge in [-0.15, -0.1) is 0 Å². The molecule has 0 aliphatic carbocycles. The second-order valence-corrected chi connectivity index (χ2v) is 8.14. The SMILES string of the molecule is C[C@H](OC(=O)C1CCN(C(=O)c2ccc(F)cc2F)CC1)C(=O)N1CCc2ccccc21. The number of piperidine rings is 1. The number of likely N-dealkylation sites (tertiary alicyclic amines) is 1. The predicted octanol–water partition coefficient (Wildman–Crippen LogP) is 3.34. The smallest absolute Gasteiger partial charge is 0.309 e. The van der Waals surface area contributed by atoms with Crippen molar-refractivity contribution in [1.29, 1.82) is 0 Å². The van der Waals surface area contributed by atoms with Gasteiger partial charge in [0, 0.05) is 31.4 Å². The number of nitrogens with zero attached hydrogens (tertiary/aromatic N) is 2. The van der Waals surface area contributed by atoms with Crippen molar-refractivity contribution in [3.8, 4) is 0 Å². The number of fused-ring (bicyclic) bond motifs is 1. The van der Waals surface area contributed by atoms with Crippen LogP contribution in [0.1, 0.15) is 35.7 Å². The number of hydrogen-bond donors (Lipinski definition) is 0. The Morgan fingerprint density at radius 1 is 1.03 bits per heavy atom. The topological polar surface area (TPSA) is 66.9 Å². The Balaban J connectivity index is 1.31. The zero-order valence-electron chi connectivity index (χ0n) is 17.7. The lowest BCUT2D eigenvalue weighted by molar-refractivity contribution is -0.159. The van der Waals surface area contributed by atoms with Gasteiger partial charge in [-0.1, -0.05) is 18.2 Å². The van der Waals surface area contributed by atoms with Crippen LogP contribution in [0.4, 0.5) is 14.5 Å². The highest BCUT2D eigenvalue weighted by Crippen LogP contribution is 2.29. The number of carbonyl (C=O) groups is 3. The fraction of sp³-hybridized carbons (Fsp3) is 0.375. The number of halogens is 2. The summed E-state index contributed by atoms with van der Waals surface area (Å²) >= 11 is 0. The Morgan fingerprint density at radius 3 is 2.47 bits per heavy atom. The first-order chi connectivity index (χ1) is 15.3. The molecule has 2 aromatic rings. The zero-order chi connectivity index (χ0) is 22.8. The number of ether oxygens (including phenoxy) is 1. The molecular weight excluding hydrogens is 418 g/mol. The van der Waals surface area contributed by atoms with E-state index < -0.39 is 35.5 Å². The maximum Gasteiger partial charge on any atom is 0.309 e. The van der Waals surface area contributed by atoms with Crippen LogP contribution in [0.5, 0.6) is 0 Å². The highest BCUT2D eigenvalue weighted by molar-refractivity contribution is 5.99. The second-order valence-electron chi connectivity index (χ2n) is 8.14. The van der Waals surface area contributed by atoms with Gasteiger partial charge in [0.2, 0.25) is 0 Å². The minimum atomic E-state index is -0.915. The maximum atomic E-state index is 13.9. The van der Waals surface area contributed by atoms with Crippen LogP contribution in [0, 0.1) is 17.6 Å². The Morgan fingerprint density at radius 2 is 1.75 bits per heavy atom. The number of esters is 1. The average Bonchev–Trinajstić information content (AvgIpc) is 3.22. The van der Waals surface area contributed by atoms with E-state index in [9.17, 15) is 23.2 Å². The lowest BCUT2D eigenvalue weighted by Crippen LogP contribution is -2.43.